The lowest BCUT2D eigenvalue weighted by Gasteiger charge is -2.43. The molecule has 2 aromatic carbocycles. The van der Waals surface area contributed by atoms with Crippen molar-refractivity contribution in [2.75, 3.05) is 19.7 Å². The van der Waals surface area contributed by atoms with Gasteiger partial charge in [-0.2, -0.15) is 0 Å². The van der Waals surface area contributed by atoms with Crippen LogP contribution >= 0.6 is 0 Å². The molecule has 0 saturated carbocycles. The molecule has 6 nitrogen and oxygen atoms in total. The summed E-state index contributed by atoms with van der Waals surface area (Å²) in [6, 6.07) is 20.3. The standard InChI is InChI=1S/C26H32N4O2/c1-26(2,3)24(30-16-21(14-27)32-18-23(30)31)25-28-22(20-12-8-5-9-13-20)17-29(25)15-19-10-6-4-7-11-19/h4-13,17,21,24H,14-16,18,27H2,1-3H3/t21-,24-/m0/s1. The van der Waals surface area contributed by atoms with Gasteiger partial charge < -0.3 is 19.9 Å². The Bertz CT molecular complexity index is 1040. The van der Waals surface area contributed by atoms with Crippen LogP contribution in [0.5, 0.6) is 0 Å². The molecule has 1 aromatic heterocycles. The van der Waals surface area contributed by atoms with Gasteiger partial charge in [0.05, 0.1) is 17.8 Å². The number of benzene rings is 2. The first kappa shape index (κ1) is 22.2. The monoisotopic (exact) mass is 432 g/mol. The number of nitrogens with zero attached hydrogens (tertiary/aromatic N) is 3. The summed E-state index contributed by atoms with van der Waals surface area (Å²) in [5.74, 6) is 0.858. The van der Waals surface area contributed by atoms with Crippen molar-refractivity contribution in [3.05, 3.63) is 78.2 Å². The van der Waals surface area contributed by atoms with E-state index in [1.807, 2.05) is 41.3 Å². The van der Waals surface area contributed by atoms with Crippen molar-refractivity contribution in [2.45, 2.75) is 39.5 Å². The second-order valence-electron chi connectivity index (χ2n) is 9.45. The van der Waals surface area contributed by atoms with E-state index in [1.165, 1.54) is 5.56 Å². The highest BCUT2D eigenvalue weighted by atomic mass is 16.5. The third kappa shape index (κ3) is 4.76. The molecule has 1 fully saturated rings. The Kier molecular flexibility index (Phi) is 6.44. The Hall–Kier alpha value is -2.96. The maximum atomic E-state index is 13.0. The molecule has 1 aliphatic rings. The molecule has 32 heavy (non-hydrogen) atoms. The van der Waals surface area contributed by atoms with Crippen molar-refractivity contribution in [3.63, 3.8) is 0 Å². The number of aromatic nitrogens is 2. The molecule has 2 N–H and O–H groups in total. The fraction of sp³-hybridized carbons (Fsp3) is 0.385. The maximum Gasteiger partial charge on any atom is 0.249 e. The molecule has 0 bridgehead atoms. The molecule has 168 valence electrons. The van der Waals surface area contributed by atoms with Crippen molar-refractivity contribution in [1.82, 2.24) is 14.5 Å². The van der Waals surface area contributed by atoms with Crippen LogP contribution in [0.3, 0.4) is 0 Å². The summed E-state index contributed by atoms with van der Waals surface area (Å²) in [6.45, 7) is 8.05. The average molecular weight is 433 g/mol. The minimum atomic E-state index is -0.236. The number of hydrogen-bond donors (Lipinski definition) is 1. The van der Waals surface area contributed by atoms with Gasteiger partial charge in [-0.05, 0) is 11.0 Å². The van der Waals surface area contributed by atoms with Gasteiger partial charge in [-0.3, -0.25) is 4.79 Å². The van der Waals surface area contributed by atoms with Crippen molar-refractivity contribution < 1.29 is 9.53 Å². The van der Waals surface area contributed by atoms with Gasteiger partial charge in [-0.25, -0.2) is 4.98 Å². The summed E-state index contributed by atoms with van der Waals surface area (Å²) in [6.07, 6.45) is 1.94. The first-order valence-electron chi connectivity index (χ1n) is 11.1. The highest BCUT2D eigenvalue weighted by Gasteiger charge is 2.41. The van der Waals surface area contributed by atoms with Crippen LogP contribution in [0, 0.1) is 5.41 Å². The topological polar surface area (TPSA) is 73.4 Å². The van der Waals surface area contributed by atoms with Crippen LogP contribution in [0.1, 0.15) is 38.2 Å². The Labute approximate surface area is 190 Å². The molecule has 1 saturated heterocycles. The van der Waals surface area contributed by atoms with E-state index in [4.69, 9.17) is 15.5 Å². The number of carbonyl (C=O) groups is 1. The van der Waals surface area contributed by atoms with E-state index < -0.39 is 0 Å². The molecule has 0 unspecified atom stereocenters. The molecule has 2 atom stereocenters. The number of rotatable bonds is 6. The predicted molar refractivity (Wildman–Crippen MR) is 126 cm³/mol. The number of carbonyl (C=O) groups excluding carboxylic acids is 1. The molecule has 1 aliphatic heterocycles. The van der Waals surface area contributed by atoms with Crippen LogP contribution < -0.4 is 5.73 Å². The lowest BCUT2D eigenvalue weighted by Crippen LogP contribution is -2.53. The molecular weight excluding hydrogens is 400 g/mol. The zero-order valence-electron chi connectivity index (χ0n) is 19.1. The van der Waals surface area contributed by atoms with Gasteiger partial charge in [0.1, 0.15) is 12.4 Å². The number of morpholine rings is 1. The summed E-state index contributed by atoms with van der Waals surface area (Å²) in [5, 5.41) is 0. The van der Waals surface area contributed by atoms with Crippen molar-refractivity contribution in [1.29, 1.82) is 0 Å². The number of imidazole rings is 1. The van der Waals surface area contributed by atoms with Gasteiger partial charge in [-0.15, -0.1) is 0 Å². The minimum Gasteiger partial charge on any atom is -0.365 e. The van der Waals surface area contributed by atoms with Crippen molar-refractivity contribution in [2.24, 2.45) is 11.1 Å². The summed E-state index contributed by atoms with van der Waals surface area (Å²) in [7, 11) is 0. The fourth-order valence-corrected chi connectivity index (χ4v) is 4.34. The largest absolute Gasteiger partial charge is 0.365 e. The van der Waals surface area contributed by atoms with Gasteiger partial charge in [-0.1, -0.05) is 81.4 Å². The van der Waals surface area contributed by atoms with Gasteiger partial charge >= 0.3 is 0 Å². The van der Waals surface area contributed by atoms with Crippen LogP contribution in [-0.4, -0.2) is 46.2 Å². The van der Waals surface area contributed by atoms with Crippen LogP contribution in [0.15, 0.2) is 66.9 Å². The zero-order chi connectivity index (χ0) is 22.7. The molecular formula is C26H32N4O2. The third-order valence-electron chi connectivity index (χ3n) is 5.88. The number of amides is 1. The normalized spacial score (nSPS) is 18.1. The quantitative estimate of drug-likeness (QED) is 0.642. The summed E-state index contributed by atoms with van der Waals surface area (Å²) >= 11 is 0. The van der Waals surface area contributed by atoms with E-state index in [2.05, 4.69) is 55.8 Å². The fourth-order valence-electron chi connectivity index (χ4n) is 4.34. The smallest absolute Gasteiger partial charge is 0.249 e. The molecule has 0 aliphatic carbocycles. The highest BCUT2D eigenvalue weighted by Crippen LogP contribution is 2.40. The van der Waals surface area contributed by atoms with E-state index in [1.54, 1.807) is 0 Å². The maximum absolute atomic E-state index is 13.0. The number of nitrogens with two attached hydrogens (primary N) is 1. The summed E-state index contributed by atoms with van der Waals surface area (Å²) < 4.78 is 7.81. The van der Waals surface area contributed by atoms with Crippen LogP contribution in [0.4, 0.5) is 0 Å². The molecule has 4 rings (SSSR count). The van der Waals surface area contributed by atoms with Gasteiger partial charge in [0.15, 0.2) is 0 Å². The lowest BCUT2D eigenvalue weighted by atomic mass is 9.84. The molecule has 2 heterocycles. The first-order chi connectivity index (χ1) is 15.4. The molecule has 1 amide bonds. The molecule has 0 spiro atoms. The van der Waals surface area contributed by atoms with Crippen LogP contribution in [0.2, 0.25) is 0 Å². The SMILES string of the molecule is CC(C)(C)[C@H](c1nc(-c2ccccc2)cn1Cc1ccccc1)N1C[C@H](CN)OCC1=O. The third-order valence-corrected chi connectivity index (χ3v) is 5.88. The van der Waals surface area contributed by atoms with Crippen molar-refractivity contribution in [3.8, 4) is 11.3 Å². The van der Waals surface area contributed by atoms with Crippen LogP contribution in [-0.2, 0) is 16.1 Å². The average Bonchev–Trinajstić information content (AvgIpc) is 3.18. The number of ether oxygens (including phenoxy) is 1. The Morgan fingerprint density at radius 1 is 1.09 bits per heavy atom. The van der Waals surface area contributed by atoms with Crippen molar-refractivity contribution >= 4 is 5.91 Å². The Morgan fingerprint density at radius 3 is 2.38 bits per heavy atom. The van der Waals surface area contributed by atoms with Gasteiger partial charge in [0.2, 0.25) is 5.91 Å². The Morgan fingerprint density at radius 2 is 1.75 bits per heavy atom. The lowest BCUT2D eigenvalue weighted by molar-refractivity contribution is -0.155. The second kappa shape index (κ2) is 9.27. The second-order valence-corrected chi connectivity index (χ2v) is 9.45. The van der Waals surface area contributed by atoms with Gasteiger partial charge in [0, 0.05) is 31.4 Å². The minimum absolute atomic E-state index is 0.0230. The molecule has 0 radical (unpaired) electrons. The predicted octanol–water partition coefficient (Wildman–Crippen LogP) is 3.87. The summed E-state index contributed by atoms with van der Waals surface area (Å²) in [4.78, 5) is 20.0. The summed E-state index contributed by atoms with van der Waals surface area (Å²) in [5.41, 5.74) is 8.80. The first-order valence-corrected chi connectivity index (χ1v) is 11.1. The van der Waals surface area contributed by atoms with E-state index in [0.29, 0.717) is 19.6 Å². The zero-order valence-corrected chi connectivity index (χ0v) is 19.1. The number of hydrogen-bond acceptors (Lipinski definition) is 4. The van der Waals surface area contributed by atoms with E-state index >= 15 is 0 Å². The highest BCUT2D eigenvalue weighted by molar-refractivity contribution is 5.78. The van der Waals surface area contributed by atoms with Crippen LogP contribution in [0.25, 0.3) is 11.3 Å². The van der Waals surface area contributed by atoms with E-state index in [0.717, 1.165) is 17.1 Å². The molecule has 6 heteroatoms. The Balaban J connectivity index is 1.81. The van der Waals surface area contributed by atoms with Gasteiger partial charge in [0.25, 0.3) is 0 Å². The molecule has 3 aromatic rings. The van der Waals surface area contributed by atoms with E-state index in [9.17, 15) is 4.79 Å². The van der Waals surface area contributed by atoms with E-state index in [-0.39, 0.29) is 30.1 Å².